The van der Waals surface area contributed by atoms with Gasteiger partial charge in [0, 0.05) is 13.1 Å². The van der Waals surface area contributed by atoms with Crippen LogP contribution in [0.2, 0.25) is 0 Å². The average molecular weight is 223 g/mol. The fraction of sp³-hybridized carbons (Fsp3) is 0.583. The molecule has 2 heterocycles. The van der Waals surface area contributed by atoms with E-state index in [0.717, 1.165) is 12.2 Å². The molecule has 1 aromatic rings. The predicted molar refractivity (Wildman–Crippen MR) is 59.4 cm³/mol. The Balaban J connectivity index is 2.04. The minimum Gasteiger partial charge on any atom is -0.456 e. The van der Waals surface area contributed by atoms with Crippen LogP contribution in [-0.2, 0) is 4.74 Å². The lowest BCUT2D eigenvalue weighted by molar-refractivity contribution is -0.0235. The van der Waals surface area contributed by atoms with Crippen molar-refractivity contribution in [3.8, 4) is 0 Å². The Labute approximate surface area is 95.2 Å². The average Bonchev–Trinajstić information content (AvgIpc) is 2.75. The molecule has 0 aromatic carbocycles. The molecule has 1 saturated heterocycles. The minimum atomic E-state index is -0.0325. The van der Waals surface area contributed by atoms with Crippen molar-refractivity contribution in [2.45, 2.75) is 26.4 Å². The Morgan fingerprint density at radius 2 is 2.38 bits per heavy atom. The van der Waals surface area contributed by atoms with Gasteiger partial charge in [0.15, 0.2) is 5.76 Å². The van der Waals surface area contributed by atoms with Gasteiger partial charge in [0.05, 0.1) is 12.7 Å². The highest BCUT2D eigenvalue weighted by atomic mass is 16.5. The fourth-order valence-electron chi connectivity index (χ4n) is 1.86. The van der Waals surface area contributed by atoms with Crippen molar-refractivity contribution in [3.05, 3.63) is 23.7 Å². The van der Waals surface area contributed by atoms with Gasteiger partial charge in [0.25, 0.3) is 5.91 Å². The molecule has 1 aromatic heterocycles. The maximum absolute atomic E-state index is 12.1. The summed E-state index contributed by atoms with van der Waals surface area (Å²) >= 11 is 0. The van der Waals surface area contributed by atoms with Gasteiger partial charge in [-0.3, -0.25) is 4.79 Å². The number of hydrogen-bond donors (Lipinski definition) is 0. The molecule has 88 valence electrons. The molecule has 1 amide bonds. The summed E-state index contributed by atoms with van der Waals surface area (Å²) in [6, 6.07) is 3.54. The normalized spacial score (nSPS) is 21.1. The second-order valence-electron chi connectivity index (χ2n) is 4.06. The van der Waals surface area contributed by atoms with Gasteiger partial charge in [-0.2, -0.15) is 0 Å². The molecule has 0 bridgehead atoms. The first-order valence-electron chi connectivity index (χ1n) is 5.68. The molecule has 0 unspecified atom stereocenters. The van der Waals surface area contributed by atoms with E-state index in [0.29, 0.717) is 25.5 Å². The molecule has 0 N–H and O–H groups in total. The third kappa shape index (κ3) is 2.27. The van der Waals surface area contributed by atoms with Crippen LogP contribution in [0.3, 0.4) is 0 Å². The second kappa shape index (κ2) is 4.70. The summed E-state index contributed by atoms with van der Waals surface area (Å²) < 4.78 is 10.9. The zero-order valence-corrected chi connectivity index (χ0v) is 9.73. The van der Waals surface area contributed by atoms with E-state index in [2.05, 4.69) is 6.92 Å². The predicted octanol–water partition coefficient (Wildman–Crippen LogP) is 1.84. The van der Waals surface area contributed by atoms with E-state index in [1.807, 2.05) is 13.0 Å². The van der Waals surface area contributed by atoms with Crippen molar-refractivity contribution < 1.29 is 13.9 Å². The van der Waals surface area contributed by atoms with Gasteiger partial charge >= 0.3 is 0 Å². The van der Waals surface area contributed by atoms with Crippen molar-refractivity contribution in [2.24, 2.45) is 0 Å². The molecule has 4 heteroatoms. The molecular formula is C12H17NO3. The van der Waals surface area contributed by atoms with Crippen LogP contribution in [0.1, 0.15) is 29.7 Å². The first-order chi connectivity index (χ1) is 7.70. The minimum absolute atomic E-state index is 0.0325. The number of amides is 1. The van der Waals surface area contributed by atoms with Crippen molar-refractivity contribution in [1.29, 1.82) is 0 Å². The third-order valence-corrected chi connectivity index (χ3v) is 2.83. The number of nitrogens with zero attached hydrogens (tertiary/aromatic N) is 1. The number of furan rings is 1. The number of aryl methyl sites for hydroxylation is 1. The maximum atomic E-state index is 12.1. The van der Waals surface area contributed by atoms with Crippen LogP contribution < -0.4 is 0 Å². The summed E-state index contributed by atoms with van der Waals surface area (Å²) in [6.07, 6.45) is 1.09. The van der Waals surface area contributed by atoms with Gasteiger partial charge in [-0.1, -0.05) is 6.92 Å². The Bertz CT molecular complexity index is 372. The molecule has 1 fully saturated rings. The Morgan fingerprint density at radius 1 is 1.56 bits per heavy atom. The SMILES string of the molecule is CC[C@H]1CN(C(=O)c2ccc(C)o2)CCO1. The van der Waals surface area contributed by atoms with Crippen LogP contribution in [0.5, 0.6) is 0 Å². The van der Waals surface area contributed by atoms with E-state index < -0.39 is 0 Å². The Kier molecular flexibility index (Phi) is 3.29. The molecule has 0 aliphatic carbocycles. The third-order valence-electron chi connectivity index (χ3n) is 2.83. The standard InChI is InChI=1S/C12H17NO3/c1-3-10-8-13(6-7-15-10)12(14)11-5-4-9(2)16-11/h4-5,10H,3,6-8H2,1-2H3/t10-/m0/s1. The second-order valence-corrected chi connectivity index (χ2v) is 4.06. The molecule has 4 nitrogen and oxygen atoms in total. The molecule has 16 heavy (non-hydrogen) atoms. The van der Waals surface area contributed by atoms with Gasteiger partial charge in [-0.05, 0) is 25.5 Å². The van der Waals surface area contributed by atoms with Crippen molar-refractivity contribution >= 4 is 5.91 Å². The van der Waals surface area contributed by atoms with E-state index in [1.54, 1.807) is 11.0 Å². The lowest BCUT2D eigenvalue weighted by Gasteiger charge is -2.31. The zero-order valence-electron chi connectivity index (χ0n) is 9.73. The summed E-state index contributed by atoms with van der Waals surface area (Å²) in [5.74, 6) is 1.16. The van der Waals surface area contributed by atoms with Crippen LogP contribution in [0, 0.1) is 6.92 Å². The van der Waals surface area contributed by atoms with Crippen LogP contribution in [0.25, 0.3) is 0 Å². The van der Waals surface area contributed by atoms with Crippen molar-refractivity contribution in [1.82, 2.24) is 4.90 Å². The molecule has 0 radical (unpaired) electrons. The molecule has 1 aliphatic rings. The molecule has 2 rings (SSSR count). The zero-order chi connectivity index (χ0) is 11.5. The first kappa shape index (κ1) is 11.2. The summed E-state index contributed by atoms with van der Waals surface area (Å²) in [5.41, 5.74) is 0. The van der Waals surface area contributed by atoms with Gasteiger partial charge < -0.3 is 14.1 Å². The molecule has 1 atom stereocenters. The summed E-state index contributed by atoms with van der Waals surface area (Å²) in [5, 5.41) is 0. The highest BCUT2D eigenvalue weighted by Crippen LogP contribution is 2.14. The molecule has 1 aliphatic heterocycles. The lowest BCUT2D eigenvalue weighted by atomic mass is 10.2. The molecule has 0 spiro atoms. The monoisotopic (exact) mass is 223 g/mol. The van der Waals surface area contributed by atoms with Crippen LogP contribution in [-0.4, -0.2) is 36.6 Å². The number of hydrogen-bond acceptors (Lipinski definition) is 3. The number of rotatable bonds is 2. The first-order valence-corrected chi connectivity index (χ1v) is 5.68. The van der Waals surface area contributed by atoms with E-state index >= 15 is 0 Å². The number of morpholine rings is 1. The number of carbonyl (C=O) groups is 1. The van der Waals surface area contributed by atoms with Gasteiger partial charge in [0.2, 0.25) is 0 Å². The van der Waals surface area contributed by atoms with Crippen LogP contribution in [0.4, 0.5) is 0 Å². The van der Waals surface area contributed by atoms with Crippen molar-refractivity contribution in [2.75, 3.05) is 19.7 Å². The van der Waals surface area contributed by atoms with Crippen LogP contribution >= 0.6 is 0 Å². The van der Waals surface area contributed by atoms with E-state index in [1.165, 1.54) is 0 Å². The fourth-order valence-corrected chi connectivity index (χ4v) is 1.86. The quantitative estimate of drug-likeness (QED) is 0.768. The maximum Gasteiger partial charge on any atom is 0.289 e. The highest BCUT2D eigenvalue weighted by molar-refractivity contribution is 5.91. The Hall–Kier alpha value is -1.29. The number of ether oxygens (including phenoxy) is 1. The topological polar surface area (TPSA) is 42.7 Å². The highest BCUT2D eigenvalue weighted by Gasteiger charge is 2.25. The van der Waals surface area contributed by atoms with E-state index in [4.69, 9.17) is 9.15 Å². The van der Waals surface area contributed by atoms with Gasteiger partial charge in [0.1, 0.15) is 5.76 Å². The summed E-state index contributed by atoms with van der Waals surface area (Å²) in [6.45, 7) is 5.83. The van der Waals surface area contributed by atoms with Gasteiger partial charge in [-0.15, -0.1) is 0 Å². The summed E-state index contributed by atoms with van der Waals surface area (Å²) in [7, 11) is 0. The van der Waals surface area contributed by atoms with Crippen molar-refractivity contribution in [3.63, 3.8) is 0 Å². The largest absolute Gasteiger partial charge is 0.456 e. The van der Waals surface area contributed by atoms with E-state index in [-0.39, 0.29) is 12.0 Å². The summed E-state index contributed by atoms with van der Waals surface area (Å²) in [4.78, 5) is 13.9. The molecular weight excluding hydrogens is 206 g/mol. The Morgan fingerprint density at radius 3 is 3.00 bits per heavy atom. The van der Waals surface area contributed by atoms with Gasteiger partial charge in [-0.25, -0.2) is 0 Å². The number of carbonyl (C=O) groups excluding carboxylic acids is 1. The van der Waals surface area contributed by atoms with E-state index in [9.17, 15) is 4.79 Å². The smallest absolute Gasteiger partial charge is 0.289 e. The lowest BCUT2D eigenvalue weighted by Crippen LogP contribution is -2.45. The van der Waals surface area contributed by atoms with Crippen LogP contribution in [0.15, 0.2) is 16.5 Å². The molecule has 0 saturated carbocycles.